The molecule has 94 valence electrons. The predicted molar refractivity (Wildman–Crippen MR) is 66.1 cm³/mol. The third-order valence-electron chi connectivity index (χ3n) is 3.19. The van der Waals surface area contributed by atoms with E-state index in [2.05, 4.69) is 17.3 Å². The Morgan fingerprint density at radius 2 is 2.38 bits per heavy atom. The van der Waals surface area contributed by atoms with Crippen LogP contribution in [0.4, 0.5) is 0 Å². The van der Waals surface area contributed by atoms with E-state index in [1.54, 1.807) is 0 Å². The van der Waals surface area contributed by atoms with E-state index in [4.69, 9.17) is 5.73 Å². The number of carbonyl (C=O) groups excluding carboxylic acids is 1. The summed E-state index contributed by atoms with van der Waals surface area (Å²) in [5.41, 5.74) is 5.60. The van der Waals surface area contributed by atoms with Gasteiger partial charge < -0.3 is 16.0 Å². The maximum atomic E-state index is 11.4. The number of nitrogens with zero attached hydrogens (tertiary/aromatic N) is 1. The van der Waals surface area contributed by atoms with Gasteiger partial charge in [-0.1, -0.05) is 0 Å². The van der Waals surface area contributed by atoms with Crippen molar-refractivity contribution in [2.45, 2.75) is 38.6 Å². The molecule has 1 rings (SSSR count). The lowest BCUT2D eigenvalue weighted by atomic mass is 10.1. The Bertz CT molecular complexity index is 218. The van der Waals surface area contributed by atoms with Crippen LogP contribution in [-0.2, 0) is 4.79 Å². The van der Waals surface area contributed by atoms with E-state index in [1.807, 2.05) is 6.92 Å². The highest BCUT2D eigenvalue weighted by Crippen LogP contribution is 2.16. The van der Waals surface area contributed by atoms with Gasteiger partial charge in [-0.05, 0) is 45.7 Å². The highest BCUT2D eigenvalue weighted by Gasteiger charge is 2.18. The summed E-state index contributed by atoms with van der Waals surface area (Å²) >= 11 is 0. The van der Waals surface area contributed by atoms with Crippen LogP contribution < -0.4 is 11.1 Å². The number of hydrogen-bond acceptors (Lipinski definition) is 3. The van der Waals surface area contributed by atoms with Crippen molar-refractivity contribution in [3.63, 3.8) is 0 Å². The number of likely N-dealkylation sites (tertiary alicyclic amines) is 1. The molecular formula is C12H25N3O. The zero-order valence-corrected chi connectivity index (χ0v) is 10.5. The zero-order valence-electron chi connectivity index (χ0n) is 10.5. The third kappa shape index (κ3) is 5.47. The van der Waals surface area contributed by atoms with Crippen LogP contribution in [0.2, 0.25) is 0 Å². The van der Waals surface area contributed by atoms with Gasteiger partial charge in [0, 0.05) is 25.6 Å². The molecular weight excluding hydrogens is 202 g/mol. The van der Waals surface area contributed by atoms with Gasteiger partial charge in [0.1, 0.15) is 0 Å². The molecule has 0 radical (unpaired) electrons. The fraction of sp³-hybridized carbons (Fsp3) is 0.917. The van der Waals surface area contributed by atoms with E-state index >= 15 is 0 Å². The van der Waals surface area contributed by atoms with Crippen LogP contribution in [0.1, 0.15) is 32.6 Å². The maximum absolute atomic E-state index is 11.4. The molecule has 0 bridgehead atoms. The summed E-state index contributed by atoms with van der Waals surface area (Å²) in [5, 5.41) is 2.97. The number of nitrogens with two attached hydrogens (primary N) is 1. The van der Waals surface area contributed by atoms with Gasteiger partial charge in [0.25, 0.3) is 0 Å². The van der Waals surface area contributed by atoms with Crippen LogP contribution in [0.25, 0.3) is 0 Å². The second kappa shape index (κ2) is 6.86. The lowest BCUT2D eigenvalue weighted by Gasteiger charge is -2.11. The largest absolute Gasteiger partial charge is 0.356 e. The first-order valence-corrected chi connectivity index (χ1v) is 6.28. The first kappa shape index (κ1) is 13.5. The van der Waals surface area contributed by atoms with E-state index < -0.39 is 0 Å². The minimum absolute atomic E-state index is 0.120. The Hall–Kier alpha value is -0.610. The second-order valence-electron chi connectivity index (χ2n) is 5.07. The van der Waals surface area contributed by atoms with Gasteiger partial charge in [-0.15, -0.1) is 0 Å². The summed E-state index contributed by atoms with van der Waals surface area (Å²) in [4.78, 5) is 13.8. The molecule has 2 atom stereocenters. The van der Waals surface area contributed by atoms with E-state index in [0.29, 0.717) is 6.42 Å². The molecule has 0 saturated carbocycles. The molecule has 0 spiro atoms. The zero-order chi connectivity index (χ0) is 12.0. The highest BCUT2D eigenvalue weighted by atomic mass is 16.1. The summed E-state index contributed by atoms with van der Waals surface area (Å²) in [6.07, 6.45) is 3.71. The van der Waals surface area contributed by atoms with E-state index in [9.17, 15) is 4.79 Å². The number of carbonyl (C=O) groups is 1. The normalized spacial score (nSPS) is 23.3. The van der Waals surface area contributed by atoms with Gasteiger partial charge in [0.15, 0.2) is 0 Å². The van der Waals surface area contributed by atoms with Gasteiger partial charge in [0.2, 0.25) is 5.91 Å². The summed E-state index contributed by atoms with van der Waals surface area (Å²) in [6.45, 7) is 5.12. The van der Waals surface area contributed by atoms with Crippen LogP contribution in [0, 0.1) is 5.92 Å². The van der Waals surface area contributed by atoms with Gasteiger partial charge in [-0.25, -0.2) is 0 Å². The highest BCUT2D eigenvalue weighted by molar-refractivity contribution is 5.75. The van der Waals surface area contributed by atoms with Crippen molar-refractivity contribution in [2.24, 2.45) is 11.7 Å². The smallest absolute Gasteiger partial charge is 0.220 e. The van der Waals surface area contributed by atoms with Crippen molar-refractivity contribution >= 4 is 5.91 Å². The summed E-state index contributed by atoms with van der Waals surface area (Å²) in [5.74, 6) is 0.905. The average Bonchev–Trinajstić information content (AvgIpc) is 2.61. The quantitative estimate of drug-likeness (QED) is 0.697. The van der Waals surface area contributed by atoms with E-state index in [0.717, 1.165) is 25.3 Å². The third-order valence-corrected chi connectivity index (χ3v) is 3.19. The Balaban J connectivity index is 2.00. The van der Waals surface area contributed by atoms with Crippen LogP contribution in [0.15, 0.2) is 0 Å². The second-order valence-corrected chi connectivity index (χ2v) is 5.07. The Morgan fingerprint density at radius 3 is 2.94 bits per heavy atom. The average molecular weight is 227 g/mol. The standard InChI is InChI=1S/C12H25N3O/c1-10(13)3-4-12(16)14-7-5-11-6-8-15(2)9-11/h10-11H,3-9,13H2,1-2H3,(H,14,16). The Kier molecular flexibility index (Phi) is 5.77. The monoisotopic (exact) mass is 227 g/mol. The fourth-order valence-corrected chi connectivity index (χ4v) is 2.12. The van der Waals surface area contributed by atoms with Crippen molar-refractivity contribution in [1.29, 1.82) is 0 Å². The first-order valence-electron chi connectivity index (χ1n) is 6.28. The maximum Gasteiger partial charge on any atom is 0.220 e. The molecule has 0 aromatic carbocycles. The number of amides is 1. The molecule has 3 N–H and O–H groups in total. The summed E-state index contributed by atoms with van der Waals surface area (Å²) < 4.78 is 0. The lowest BCUT2D eigenvalue weighted by Crippen LogP contribution is -2.28. The SMILES string of the molecule is CC(N)CCC(=O)NCCC1CCN(C)C1. The molecule has 16 heavy (non-hydrogen) atoms. The van der Waals surface area contributed by atoms with Crippen molar-refractivity contribution in [3.8, 4) is 0 Å². The van der Waals surface area contributed by atoms with Crippen LogP contribution >= 0.6 is 0 Å². The number of hydrogen-bond donors (Lipinski definition) is 2. The van der Waals surface area contributed by atoms with Crippen molar-refractivity contribution in [2.75, 3.05) is 26.7 Å². The molecule has 2 unspecified atom stereocenters. The predicted octanol–water partition coefficient (Wildman–Crippen LogP) is 0.572. The number of rotatable bonds is 6. The Labute approximate surface area is 98.6 Å². The van der Waals surface area contributed by atoms with E-state index in [-0.39, 0.29) is 11.9 Å². The molecule has 4 heteroatoms. The lowest BCUT2D eigenvalue weighted by molar-refractivity contribution is -0.121. The van der Waals surface area contributed by atoms with Crippen molar-refractivity contribution < 1.29 is 4.79 Å². The molecule has 0 aromatic heterocycles. The van der Waals surface area contributed by atoms with Crippen LogP contribution in [0.5, 0.6) is 0 Å². The van der Waals surface area contributed by atoms with Gasteiger partial charge >= 0.3 is 0 Å². The fourth-order valence-electron chi connectivity index (χ4n) is 2.12. The van der Waals surface area contributed by atoms with Crippen molar-refractivity contribution in [3.05, 3.63) is 0 Å². The molecule has 0 aliphatic carbocycles. The topological polar surface area (TPSA) is 58.4 Å². The number of nitrogens with one attached hydrogen (secondary N) is 1. The van der Waals surface area contributed by atoms with Gasteiger partial charge in [-0.2, -0.15) is 0 Å². The molecule has 1 saturated heterocycles. The van der Waals surface area contributed by atoms with Gasteiger partial charge in [0.05, 0.1) is 0 Å². The van der Waals surface area contributed by atoms with Crippen LogP contribution in [0.3, 0.4) is 0 Å². The Morgan fingerprint density at radius 1 is 1.62 bits per heavy atom. The molecule has 1 fully saturated rings. The summed E-state index contributed by atoms with van der Waals surface area (Å²) in [7, 11) is 2.15. The minimum Gasteiger partial charge on any atom is -0.356 e. The summed E-state index contributed by atoms with van der Waals surface area (Å²) in [6, 6.07) is 0.120. The van der Waals surface area contributed by atoms with Crippen molar-refractivity contribution in [1.82, 2.24) is 10.2 Å². The van der Waals surface area contributed by atoms with Gasteiger partial charge in [-0.3, -0.25) is 4.79 Å². The van der Waals surface area contributed by atoms with E-state index in [1.165, 1.54) is 19.5 Å². The molecule has 1 amide bonds. The first-order chi connectivity index (χ1) is 7.58. The molecule has 0 aromatic rings. The molecule has 1 heterocycles. The molecule has 4 nitrogen and oxygen atoms in total. The molecule has 1 aliphatic rings. The minimum atomic E-state index is 0.120. The molecule has 1 aliphatic heterocycles. The van der Waals surface area contributed by atoms with Crippen LogP contribution in [-0.4, -0.2) is 43.5 Å².